The Morgan fingerprint density at radius 3 is 2.44 bits per heavy atom. The third-order valence-electron chi connectivity index (χ3n) is 5.70. The predicted molar refractivity (Wildman–Crippen MR) is 106 cm³/mol. The first kappa shape index (κ1) is 18.0. The molecule has 0 atom stereocenters. The van der Waals surface area contributed by atoms with Gasteiger partial charge in [-0.25, -0.2) is 4.98 Å². The highest BCUT2D eigenvalue weighted by atomic mass is 16.3. The zero-order valence-corrected chi connectivity index (χ0v) is 16.6. The molecule has 1 saturated carbocycles. The van der Waals surface area contributed by atoms with Crippen molar-refractivity contribution >= 4 is 16.7 Å². The van der Waals surface area contributed by atoms with Crippen molar-refractivity contribution in [2.75, 3.05) is 0 Å². The standard InChI is InChI=1S/C23H31NO/c1-8-15(2)20-14-19-21(25-20)17(22(3,4)5)13-18(24-19)16-9-11-23(6,7)12-10-16/h13-14,16H,1,9-12H2,2-7H3. The Bertz CT molecular complexity index is 831. The van der Waals surface area contributed by atoms with Gasteiger partial charge in [-0.05, 0) is 49.5 Å². The summed E-state index contributed by atoms with van der Waals surface area (Å²) < 4.78 is 6.15. The van der Waals surface area contributed by atoms with Gasteiger partial charge in [-0.1, -0.05) is 41.2 Å². The highest BCUT2D eigenvalue weighted by molar-refractivity contribution is 5.82. The van der Waals surface area contributed by atoms with E-state index in [0.717, 1.165) is 22.4 Å². The largest absolute Gasteiger partial charge is 0.454 e. The van der Waals surface area contributed by atoms with Crippen molar-refractivity contribution < 1.29 is 4.42 Å². The summed E-state index contributed by atoms with van der Waals surface area (Å²) in [6, 6.07) is 4.35. The summed E-state index contributed by atoms with van der Waals surface area (Å²) in [6.07, 6.45) is 5.01. The van der Waals surface area contributed by atoms with Gasteiger partial charge in [0.05, 0.1) is 0 Å². The van der Waals surface area contributed by atoms with Crippen LogP contribution in [-0.2, 0) is 5.41 Å². The lowest BCUT2D eigenvalue weighted by atomic mass is 9.72. The Morgan fingerprint density at radius 2 is 1.88 bits per heavy atom. The molecule has 2 heteroatoms. The van der Waals surface area contributed by atoms with Gasteiger partial charge >= 0.3 is 0 Å². The Morgan fingerprint density at radius 1 is 1.24 bits per heavy atom. The normalized spacial score (nSPS) is 18.3. The number of fused-ring (bicyclic) bond motifs is 1. The molecule has 0 saturated heterocycles. The quantitative estimate of drug-likeness (QED) is 0.551. The minimum absolute atomic E-state index is 0.0186. The van der Waals surface area contributed by atoms with Crippen LogP contribution in [0.5, 0.6) is 0 Å². The van der Waals surface area contributed by atoms with E-state index in [4.69, 9.17) is 9.40 Å². The first-order chi connectivity index (χ1) is 11.6. The van der Waals surface area contributed by atoms with Crippen molar-refractivity contribution in [2.45, 2.75) is 78.6 Å². The summed E-state index contributed by atoms with van der Waals surface area (Å²) in [4.78, 5) is 5.00. The summed E-state index contributed by atoms with van der Waals surface area (Å²) in [5.41, 5.74) is 8.73. The number of pyridine rings is 1. The molecule has 0 aromatic carbocycles. The number of nitrogens with zero attached hydrogens (tertiary/aromatic N) is 1. The van der Waals surface area contributed by atoms with Gasteiger partial charge in [0.2, 0.25) is 0 Å². The van der Waals surface area contributed by atoms with Crippen LogP contribution in [0.2, 0.25) is 0 Å². The first-order valence-electron chi connectivity index (χ1n) is 9.43. The van der Waals surface area contributed by atoms with Gasteiger partial charge in [0.25, 0.3) is 0 Å². The minimum Gasteiger partial charge on any atom is -0.454 e. The summed E-state index contributed by atoms with van der Waals surface area (Å²) in [7, 11) is 0. The predicted octanol–water partition coefficient (Wildman–Crippen LogP) is 7.00. The van der Waals surface area contributed by atoms with E-state index in [-0.39, 0.29) is 5.41 Å². The summed E-state index contributed by atoms with van der Waals surface area (Å²) >= 11 is 0. The molecule has 0 amide bonds. The lowest BCUT2D eigenvalue weighted by molar-refractivity contribution is 0.223. The van der Waals surface area contributed by atoms with E-state index in [1.165, 1.54) is 36.9 Å². The third kappa shape index (κ3) is 3.60. The number of rotatable bonds is 2. The van der Waals surface area contributed by atoms with E-state index in [0.29, 0.717) is 11.3 Å². The zero-order chi connectivity index (χ0) is 18.4. The smallest absolute Gasteiger partial charge is 0.157 e. The number of allylic oxidation sites excluding steroid dienone is 1. The number of furan rings is 1. The molecular weight excluding hydrogens is 306 g/mol. The van der Waals surface area contributed by atoms with E-state index in [1.54, 1.807) is 0 Å². The van der Waals surface area contributed by atoms with Crippen LogP contribution in [0.3, 0.4) is 0 Å². The molecule has 0 N–H and O–H groups in total. The Balaban J connectivity index is 2.10. The second-order valence-electron chi connectivity index (χ2n) is 9.41. The summed E-state index contributed by atoms with van der Waals surface area (Å²) in [6.45, 7) is 17.2. The SMILES string of the molecule is C=C=C(C)c1cc2nc(C3CCC(C)(C)CC3)cc(C(C)(C)C)c2o1. The molecule has 2 heterocycles. The molecule has 2 aromatic rings. The van der Waals surface area contributed by atoms with E-state index in [2.05, 4.69) is 53.0 Å². The van der Waals surface area contributed by atoms with Gasteiger partial charge < -0.3 is 4.42 Å². The minimum atomic E-state index is 0.0186. The molecular formula is C23H31NO. The fraction of sp³-hybridized carbons (Fsp3) is 0.565. The Kier molecular flexibility index (Phi) is 4.45. The molecule has 2 nitrogen and oxygen atoms in total. The first-order valence-corrected chi connectivity index (χ1v) is 9.43. The van der Waals surface area contributed by atoms with Gasteiger partial charge in [0.15, 0.2) is 5.58 Å². The van der Waals surface area contributed by atoms with Gasteiger partial charge in [0, 0.05) is 28.8 Å². The number of hydrogen-bond acceptors (Lipinski definition) is 2. The molecule has 0 aliphatic heterocycles. The third-order valence-corrected chi connectivity index (χ3v) is 5.70. The molecule has 1 aliphatic rings. The molecule has 2 aromatic heterocycles. The second-order valence-corrected chi connectivity index (χ2v) is 9.41. The zero-order valence-electron chi connectivity index (χ0n) is 16.6. The van der Waals surface area contributed by atoms with Gasteiger partial charge in [-0.15, -0.1) is 5.73 Å². The number of aromatic nitrogens is 1. The topological polar surface area (TPSA) is 26.0 Å². The summed E-state index contributed by atoms with van der Waals surface area (Å²) in [5, 5.41) is 0. The van der Waals surface area contributed by atoms with Crippen molar-refractivity contribution in [1.82, 2.24) is 4.98 Å². The maximum Gasteiger partial charge on any atom is 0.157 e. The fourth-order valence-corrected chi connectivity index (χ4v) is 3.78. The van der Waals surface area contributed by atoms with Gasteiger partial charge in [-0.2, -0.15) is 0 Å². The highest BCUT2D eigenvalue weighted by Crippen LogP contribution is 2.43. The van der Waals surface area contributed by atoms with Crippen molar-refractivity contribution in [3.63, 3.8) is 0 Å². The van der Waals surface area contributed by atoms with Crippen molar-refractivity contribution in [3.8, 4) is 0 Å². The molecule has 1 fully saturated rings. The van der Waals surface area contributed by atoms with Crippen molar-refractivity contribution in [1.29, 1.82) is 0 Å². The van der Waals surface area contributed by atoms with Crippen molar-refractivity contribution in [2.24, 2.45) is 5.41 Å². The Labute approximate surface area is 152 Å². The number of hydrogen-bond donors (Lipinski definition) is 0. The van der Waals surface area contributed by atoms with Crippen molar-refractivity contribution in [3.05, 3.63) is 41.5 Å². The monoisotopic (exact) mass is 337 g/mol. The maximum absolute atomic E-state index is 6.15. The molecule has 0 bridgehead atoms. The highest BCUT2D eigenvalue weighted by Gasteiger charge is 2.30. The van der Waals surface area contributed by atoms with Crippen LogP contribution in [0, 0.1) is 5.41 Å². The average molecular weight is 338 g/mol. The molecule has 0 radical (unpaired) electrons. The van der Waals surface area contributed by atoms with Crippen LogP contribution in [0.15, 0.2) is 28.9 Å². The second kappa shape index (κ2) is 6.18. The maximum atomic E-state index is 6.15. The lowest BCUT2D eigenvalue weighted by Crippen LogP contribution is -2.21. The average Bonchev–Trinajstić information content (AvgIpc) is 2.96. The van der Waals surface area contributed by atoms with Crippen LogP contribution >= 0.6 is 0 Å². The van der Waals surface area contributed by atoms with Crippen LogP contribution < -0.4 is 0 Å². The van der Waals surface area contributed by atoms with E-state index < -0.39 is 0 Å². The van der Waals surface area contributed by atoms with E-state index in [9.17, 15) is 0 Å². The molecule has 0 unspecified atom stereocenters. The van der Waals surface area contributed by atoms with Gasteiger partial charge in [0.1, 0.15) is 11.3 Å². The van der Waals surface area contributed by atoms with E-state index in [1.807, 2.05) is 13.0 Å². The molecule has 1 aliphatic carbocycles. The lowest BCUT2D eigenvalue weighted by Gasteiger charge is -2.34. The van der Waals surface area contributed by atoms with Crippen LogP contribution in [0.25, 0.3) is 16.7 Å². The fourth-order valence-electron chi connectivity index (χ4n) is 3.78. The van der Waals surface area contributed by atoms with Crippen LogP contribution in [-0.4, -0.2) is 4.98 Å². The van der Waals surface area contributed by atoms with Crippen LogP contribution in [0.4, 0.5) is 0 Å². The molecule has 25 heavy (non-hydrogen) atoms. The summed E-state index contributed by atoms with van der Waals surface area (Å²) in [5.74, 6) is 1.39. The molecule has 3 rings (SSSR count). The van der Waals surface area contributed by atoms with Crippen LogP contribution in [0.1, 0.15) is 90.2 Å². The van der Waals surface area contributed by atoms with E-state index >= 15 is 0 Å². The molecule has 134 valence electrons. The molecule has 0 spiro atoms. The Hall–Kier alpha value is -1.79. The van der Waals surface area contributed by atoms with Gasteiger partial charge in [-0.3, -0.25) is 0 Å².